The Hall–Kier alpha value is -1.51. The van der Waals surface area contributed by atoms with Gasteiger partial charge < -0.3 is 20.0 Å². The molecule has 3 amide bonds. The quantitative estimate of drug-likeness (QED) is 0.289. The van der Waals surface area contributed by atoms with E-state index in [0.29, 0.717) is 0 Å². The average molecular weight is 374 g/mol. The molecule has 0 aliphatic carbocycles. The van der Waals surface area contributed by atoms with Gasteiger partial charge in [-0.05, 0) is 11.1 Å². The summed E-state index contributed by atoms with van der Waals surface area (Å²) in [6, 6.07) is 18.0. The van der Waals surface area contributed by atoms with Crippen molar-refractivity contribution in [2.24, 2.45) is 0 Å². The number of nitrogens with one attached hydrogen (secondary N) is 2. The monoisotopic (exact) mass is 374 g/mol. The van der Waals surface area contributed by atoms with Crippen LogP contribution in [0, 0.1) is 0 Å². The van der Waals surface area contributed by atoms with E-state index in [1.165, 1.54) is 0 Å². The van der Waals surface area contributed by atoms with Crippen LogP contribution in [0.1, 0.15) is 11.1 Å². The summed E-state index contributed by atoms with van der Waals surface area (Å²) in [7, 11) is -4.64. The molecule has 128 valence electrons. The second-order valence-electron chi connectivity index (χ2n) is 4.90. The van der Waals surface area contributed by atoms with E-state index in [2.05, 4.69) is 10.6 Å². The van der Waals surface area contributed by atoms with Crippen LogP contribution < -0.4 is 10.6 Å². The van der Waals surface area contributed by atoms with Gasteiger partial charge in [-0.15, -0.1) is 0 Å². The second kappa shape index (κ2) is 8.73. The molecule has 8 nitrogen and oxygen atoms in total. The summed E-state index contributed by atoms with van der Waals surface area (Å²) < 4.78 is 8.88. The third-order valence-electron chi connectivity index (χ3n) is 3.28. The van der Waals surface area contributed by atoms with Gasteiger partial charge in [-0.2, -0.15) is 0 Å². The zero-order valence-corrected chi connectivity index (χ0v) is 13.2. The zero-order valence-electron chi connectivity index (χ0n) is 12.3. The zero-order chi connectivity index (χ0) is 17.8. The number of carbonyl (C=O) groups excluding carboxylic acids is 2. The fourth-order valence-electron chi connectivity index (χ4n) is 2.40. The normalized spacial score (nSPS) is 15.2. The Morgan fingerprint density at radius 3 is 1.44 bits per heavy atom. The van der Waals surface area contributed by atoms with Gasteiger partial charge in [-0.1, -0.05) is 60.7 Å². The number of phosphoric acid groups is 1. The van der Waals surface area contributed by atoms with Gasteiger partial charge in [0.2, 0.25) is 0 Å². The van der Waals surface area contributed by atoms with Crippen molar-refractivity contribution >= 4 is 49.3 Å². The van der Waals surface area contributed by atoms with Crippen LogP contribution in [0.5, 0.6) is 0 Å². The number of benzene rings is 2. The Morgan fingerprint density at radius 1 is 0.800 bits per heavy atom. The van der Waals surface area contributed by atoms with Crippen LogP contribution in [0.2, 0.25) is 0 Å². The van der Waals surface area contributed by atoms with E-state index in [-0.39, 0.29) is 35.5 Å². The number of hydrogen-bond acceptors (Lipinski definition) is 3. The molecule has 1 fully saturated rings. The van der Waals surface area contributed by atoms with Crippen molar-refractivity contribution in [1.82, 2.24) is 10.6 Å². The third-order valence-corrected chi connectivity index (χ3v) is 3.28. The molecule has 3 rings (SSSR count). The van der Waals surface area contributed by atoms with Crippen LogP contribution in [-0.2, 0) is 14.9 Å². The van der Waals surface area contributed by atoms with E-state index < -0.39 is 19.4 Å². The first kappa shape index (κ1) is 21.5. The van der Waals surface area contributed by atoms with Crippen LogP contribution in [0.4, 0.5) is 4.79 Å². The molecule has 1 aliphatic rings. The number of amides is 3. The summed E-state index contributed by atoms with van der Waals surface area (Å²) in [5, 5.41) is 5.07. The van der Waals surface area contributed by atoms with E-state index in [4.69, 9.17) is 19.2 Å². The maximum atomic E-state index is 12.3. The number of imide groups is 1. The van der Waals surface area contributed by atoms with Crippen LogP contribution in [0.25, 0.3) is 0 Å². The molecular formula is C15H16N2NaO6P. The van der Waals surface area contributed by atoms with Crippen molar-refractivity contribution < 1.29 is 28.8 Å². The summed E-state index contributed by atoms with van der Waals surface area (Å²) in [4.78, 5) is 45.4. The van der Waals surface area contributed by atoms with Crippen molar-refractivity contribution in [2.75, 3.05) is 0 Å². The van der Waals surface area contributed by atoms with Crippen molar-refractivity contribution in [2.45, 2.75) is 5.54 Å². The van der Waals surface area contributed by atoms with E-state index >= 15 is 0 Å². The molecule has 1 saturated heterocycles. The summed E-state index contributed by atoms with van der Waals surface area (Å²) in [6.07, 6.45) is 0. The molecule has 0 saturated carbocycles. The molecule has 5 N–H and O–H groups in total. The Labute approximate surface area is 165 Å². The standard InChI is InChI=1S/C15H12N2O2.Na.H3O4P.H/c18-13-15(17-14(19)16-13,11-7-3-1-4-8-11)12-9-5-2-6-10-12;;1-5(2,3)4;/h1-10H,(H2,16,17,18,19);;(H3,1,2,3,4);. The molecule has 0 atom stereocenters. The van der Waals surface area contributed by atoms with E-state index in [1.54, 1.807) is 0 Å². The summed E-state index contributed by atoms with van der Waals surface area (Å²) in [6.45, 7) is 0. The Morgan fingerprint density at radius 2 is 1.16 bits per heavy atom. The summed E-state index contributed by atoms with van der Waals surface area (Å²) >= 11 is 0. The van der Waals surface area contributed by atoms with Gasteiger partial charge in [-0.3, -0.25) is 10.1 Å². The molecule has 0 unspecified atom stereocenters. The van der Waals surface area contributed by atoms with Crippen LogP contribution >= 0.6 is 7.82 Å². The number of hydrogen-bond donors (Lipinski definition) is 5. The Kier molecular flexibility index (Phi) is 7.52. The van der Waals surface area contributed by atoms with E-state index in [1.807, 2.05) is 60.7 Å². The third kappa shape index (κ3) is 5.49. The number of carbonyl (C=O) groups is 2. The van der Waals surface area contributed by atoms with Gasteiger partial charge in [-0.25, -0.2) is 9.36 Å². The van der Waals surface area contributed by atoms with Gasteiger partial charge in [0, 0.05) is 0 Å². The molecule has 0 bridgehead atoms. The SMILES string of the molecule is O=C1NC(=O)C(c2ccccc2)(c2ccccc2)N1.O=P(O)(O)O.[NaH]. The van der Waals surface area contributed by atoms with E-state index in [0.717, 1.165) is 11.1 Å². The maximum absolute atomic E-state index is 12.3. The van der Waals surface area contributed by atoms with E-state index in [9.17, 15) is 9.59 Å². The molecule has 10 heteroatoms. The van der Waals surface area contributed by atoms with Gasteiger partial charge in [0.25, 0.3) is 5.91 Å². The molecule has 25 heavy (non-hydrogen) atoms. The molecule has 2 aromatic carbocycles. The minimum absolute atomic E-state index is 0. The molecular weight excluding hydrogens is 358 g/mol. The topological polar surface area (TPSA) is 136 Å². The van der Waals surface area contributed by atoms with Gasteiger partial charge in [0.1, 0.15) is 0 Å². The predicted octanol–water partition coefficient (Wildman–Crippen LogP) is 0.192. The molecule has 0 spiro atoms. The van der Waals surface area contributed by atoms with Gasteiger partial charge in [0.05, 0.1) is 0 Å². The van der Waals surface area contributed by atoms with Gasteiger partial charge in [0.15, 0.2) is 5.54 Å². The Bertz CT molecular complexity index is 733. The molecule has 1 aliphatic heterocycles. The van der Waals surface area contributed by atoms with Crippen molar-refractivity contribution in [3.05, 3.63) is 71.8 Å². The summed E-state index contributed by atoms with van der Waals surface area (Å²) in [5.41, 5.74) is 0.341. The van der Waals surface area contributed by atoms with Crippen molar-refractivity contribution in [1.29, 1.82) is 0 Å². The fraction of sp³-hybridized carbons (Fsp3) is 0.0667. The number of rotatable bonds is 2. The van der Waals surface area contributed by atoms with Crippen molar-refractivity contribution in [3.8, 4) is 0 Å². The van der Waals surface area contributed by atoms with Crippen LogP contribution in [-0.4, -0.2) is 56.2 Å². The average Bonchev–Trinajstić information content (AvgIpc) is 2.83. The second-order valence-corrected chi connectivity index (χ2v) is 5.93. The molecule has 1 heterocycles. The summed E-state index contributed by atoms with van der Waals surface area (Å²) in [5.74, 6) is -0.352. The predicted molar refractivity (Wildman–Crippen MR) is 91.8 cm³/mol. The molecule has 0 aromatic heterocycles. The van der Waals surface area contributed by atoms with Crippen LogP contribution in [0.15, 0.2) is 60.7 Å². The number of urea groups is 1. The fourth-order valence-corrected chi connectivity index (χ4v) is 2.40. The molecule has 2 aromatic rings. The first-order chi connectivity index (χ1) is 11.2. The Balaban J connectivity index is 0.000000462. The van der Waals surface area contributed by atoms with Crippen LogP contribution in [0.3, 0.4) is 0 Å². The van der Waals surface area contributed by atoms with Gasteiger partial charge >= 0.3 is 43.4 Å². The first-order valence-corrected chi connectivity index (χ1v) is 8.33. The molecule has 0 radical (unpaired) electrons. The first-order valence-electron chi connectivity index (χ1n) is 6.76. The minimum atomic E-state index is -4.64. The van der Waals surface area contributed by atoms with Crippen molar-refractivity contribution in [3.63, 3.8) is 0 Å².